The highest BCUT2D eigenvalue weighted by Gasteiger charge is 2.03. The quantitative estimate of drug-likeness (QED) is 0.0366. The molecule has 0 rings (SSSR count). The van der Waals surface area contributed by atoms with Gasteiger partial charge in [-0.3, -0.25) is 4.79 Å². The van der Waals surface area contributed by atoms with E-state index in [9.17, 15) is 4.79 Å². The van der Waals surface area contributed by atoms with E-state index in [1.807, 2.05) is 0 Å². The lowest BCUT2D eigenvalue weighted by Gasteiger charge is -2.06. The maximum Gasteiger partial charge on any atom is 0.305 e. The standard InChI is InChI=1S/C46H90O2/c1-3-5-7-9-11-13-15-17-19-20-21-22-23-24-25-26-27-28-29-31-33-35-37-39-41-43-45-48-46(47)44-42-40-38-36-34-32-30-18-16-14-12-10-8-6-4-2/h18,30H,3-17,19-29,31-45H2,1-2H3. The van der Waals surface area contributed by atoms with E-state index in [-0.39, 0.29) is 5.97 Å². The molecule has 0 amide bonds. The molecule has 0 N–H and O–H groups in total. The van der Waals surface area contributed by atoms with Crippen LogP contribution in [0.3, 0.4) is 0 Å². The van der Waals surface area contributed by atoms with Crippen LogP contribution in [0.4, 0.5) is 0 Å². The summed E-state index contributed by atoms with van der Waals surface area (Å²) >= 11 is 0. The summed E-state index contributed by atoms with van der Waals surface area (Å²) in [6, 6.07) is 0. The van der Waals surface area contributed by atoms with Gasteiger partial charge in [0.2, 0.25) is 0 Å². The van der Waals surface area contributed by atoms with Crippen LogP contribution >= 0.6 is 0 Å². The second-order valence-electron chi connectivity index (χ2n) is 15.4. The highest BCUT2D eigenvalue weighted by atomic mass is 16.5. The lowest BCUT2D eigenvalue weighted by Crippen LogP contribution is -2.05. The first kappa shape index (κ1) is 47.2. The van der Waals surface area contributed by atoms with Crippen molar-refractivity contribution in [3.63, 3.8) is 0 Å². The molecule has 2 nitrogen and oxygen atoms in total. The van der Waals surface area contributed by atoms with Gasteiger partial charge in [-0.05, 0) is 38.5 Å². The molecule has 2 heteroatoms. The van der Waals surface area contributed by atoms with Crippen molar-refractivity contribution in [3.05, 3.63) is 12.2 Å². The molecule has 0 spiro atoms. The third-order valence-electron chi connectivity index (χ3n) is 10.4. The first-order valence-electron chi connectivity index (χ1n) is 22.6. The average molecular weight is 675 g/mol. The maximum atomic E-state index is 12.0. The summed E-state index contributed by atoms with van der Waals surface area (Å²) < 4.78 is 5.47. The van der Waals surface area contributed by atoms with Crippen molar-refractivity contribution in [2.24, 2.45) is 0 Å². The molecule has 0 aromatic rings. The molecule has 0 unspecified atom stereocenters. The van der Waals surface area contributed by atoms with E-state index in [0.717, 1.165) is 19.3 Å². The fourth-order valence-corrected chi connectivity index (χ4v) is 7.02. The van der Waals surface area contributed by atoms with Crippen LogP contribution in [0.5, 0.6) is 0 Å². The second kappa shape index (κ2) is 44.2. The van der Waals surface area contributed by atoms with E-state index in [2.05, 4.69) is 26.0 Å². The van der Waals surface area contributed by atoms with Crippen LogP contribution in [-0.2, 0) is 9.53 Å². The zero-order chi connectivity index (χ0) is 34.7. The number of hydrogen-bond donors (Lipinski definition) is 0. The minimum Gasteiger partial charge on any atom is -0.466 e. The number of esters is 1. The van der Waals surface area contributed by atoms with Crippen LogP contribution in [0.15, 0.2) is 12.2 Å². The van der Waals surface area contributed by atoms with Crippen LogP contribution in [0.2, 0.25) is 0 Å². The number of carbonyl (C=O) groups is 1. The van der Waals surface area contributed by atoms with Gasteiger partial charge in [-0.15, -0.1) is 0 Å². The minimum absolute atomic E-state index is 0.0206. The van der Waals surface area contributed by atoms with Crippen molar-refractivity contribution in [3.8, 4) is 0 Å². The maximum absolute atomic E-state index is 12.0. The molecule has 0 aliphatic carbocycles. The Balaban J connectivity index is 3.16. The third kappa shape index (κ3) is 43.2. The van der Waals surface area contributed by atoms with Crippen LogP contribution in [0, 0.1) is 0 Å². The minimum atomic E-state index is 0.0206. The number of hydrogen-bond acceptors (Lipinski definition) is 2. The van der Waals surface area contributed by atoms with Gasteiger partial charge in [-0.2, -0.15) is 0 Å². The van der Waals surface area contributed by atoms with Crippen molar-refractivity contribution in [1.29, 1.82) is 0 Å². The van der Waals surface area contributed by atoms with Gasteiger partial charge in [0.25, 0.3) is 0 Å². The lowest BCUT2D eigenvalue weighted by molar-refractivity contribution is -0.143. The molecule has 286 valence electrons. The summed E-state index contributed by atoms with van der Waals surface area (Å²) in [5.74, 6) is 0.0206. The fraction of sp³-hybridized carbons (Fsp3) is 0.935. The van der Waals surface area contributed by atoms with Gasteiger partial charge in [0.15, 0.2) is 0 Å². The van der Waals surface area contributed by atoms with Crippen molar-refractivity contribution in [1.82, 2.24) is 0 Å². The molecule has 0 saturated carbocycles. The predicted molar refractivity (Wildman–Crippen MR) is 216 cm³/mol. The van der Waals surface area contributed by atoms with Gasteiger partial charge in [0.1, 0.15) is 0 Å². The van der Waals surface area contributed by atoms with Crippen molar-refractivity contribution < 1.29 is 9.53 Å². The average Bonchev–Trinajstić information content (AvgIpc) is 3.09. The van der Waals surface area contributed by atoms with Crippen LogP contribution in [-0.4, -0.2) is 12.6 Å². The van der Waals surface area contributed by atoms with Crippen LogP contribution in [0.1, 0.15) is 271 Å². The summed E-state index contributed by atoms with van der Waals surface area (Å²) in [6.07, 6.45) is 59.0. The smallest absolute Gasteiger partial charge is 0.305 e. The van der Waals surface area contributed by atoms with Gasteiger partial charge < -0.3 is 4.74 Å². The van der Waals surface area contributed by atoms with Crippen molar-refractivity contribution in [2.45, 2.75) is 271 Å². The Morgan fingerprint density at radius 1 is 0.333 bits per heavy atom. The zero-order valence-electron chi connectivity index (χ0n) is 33.5. The molecule has 0 bridgehead atoms. The number of carbonyl (C=O) groups excluding carboxylic acids is 1. The van der Waals surface area contributed by atoms with Gasteiger partial charge in [-0.25, -0.2) is 0 Å². The first-order valence-corrected chi connectivity index (χ1v) is 22.6. The molecule has 0 heterocycles. The molecule has 48 heavy (non-hydrogen) atoms. The Labute approximate surface area is 304 Å². The Kier molecular flexibility index (Phi) is 43.5. The molecule has 0 saturated heterocycles. The van der Waals surface area contributed by atoms with Gasteiger partial charge in [0, 0.05) is 6.42 Å². The summed E-state index contributed by atoms with van der Waals surface area (Å²) in [4.78, 5) is 12.0. The Morgan fingerprint density at radius 3 is 0.896 bits per heavy atom. The highest BCUT2D eigenvalue weighted by molar-refractivity contribution is 5.69. The number of unbranched alkanes of at least 4 members (excludes halogenated alkanes) is 36. The second-order valence-corrected chi connectivity index (χ2v) is 15.4. The predicted octanol–water partition coefficient (Wildman–Crippen LogP) is 16.7. The van der Waals surface area contributed by atoms with E-state index in [1.165, 1.54) is 231 Å². The van der Waals surface area contributed by atoms with Gasteiger partial charge in [0.05, 0.1) is 6.61 Å². The van der Waals surface area contributed by atoms with Crippen LogP contribution in [0.25, 0.3) is 0 Å². The Hall–Kier alpha value is -0.790. The molecule has 0 radical (unpaired) electrons. The molecular formula is C46H90O2. The van der Waals surface area contributed by atoms with Gasteiger partial charge in [-0.1, -0.05) is 238 Å². The number of ether oxygens (including phenoxy) is 1. The highest BCUT2D eigenvalue weighted by Crippen LogP contribution is 2.16. The normalized spacial score (nSPS) is 11.6. The zero-order valence-corrected chi connectivity index (χ0v) is 33.5. The summed E-state index contributed by atoms with van der Waals surface area (Å²) in [5.41, 5.74) is 0. The van der Waals surface area contributed by atoms with E-state index in [4.69, 9.17) is 4.74 Å². The Bertz CT molecular complexity index is 611. The topological polar surface area (TPSA) is 26.3 Å². The van der Waals surface area contributed by atoms with E-state index in [0.29, 0.717) is 13.0 Å². The van der Waals surface area contributed by atoms with E-state index >= 15 is 0 Å². The first-order chi connectivity index (χ1) is 23.8. The Morgan fingerprint density at radius 2 is 0.583 bits per heavy atom. The molecule has 0 aromatic carbocycles. The monoisotopic (exact) mass is 675 g/mol. The molecule has 0 aliphatic heterocycles. The van der Waals surface area contributed by atoms with Crippen molar-refractivity contribution in [2.75, 3.05) is 6.61 Å². The molecular weight excluding hydrogens is 585 g/mol. The summed E-state index contributed by atoms with van der Waals surface area (Å²) in [6.45, 7) is 5.21. The summed E-state index contributed by atoms with van der Waals surface area (Å²) in [7, 11) is 0. The molecule has 0 fully saturated rings. The lowest BCUT2D eigenvalue weighted by atomic mass is 10.0. The molecule has 0 aliphatic rings. The van der Waals surface area contributed by atoms with E-state index in [1.54, 1.807) is 0 Å². The van der Waals surface area contributed by atoms with Crippen LogP contribution < -0.4 is 0 Å². The van der Waals surface area contributed by atoms with Crippen molar-refractivity contribution >= 4 is 5.97 Å². The van der Waals surface area contributed by atoms with E-state index < -0.39 is 0 Å². The SMILES string of the molecule is CCCCCCCCC=CCCCCCCCC(=O)OCCCCCCCCCCCCCCCCCCCCCCCCCCCC. The summed E-state index contributed by atoms with van der Waals surface area (Å²) in [5, 5.41) is 0. The van der Waals surface area contributed by atoms with Gasteiger partial charge >= 0.3 is 5.97 Å². The fourth-order valence-electron chi connectivity index (χ4n) is 7.02. The number of rotatable bonds is 42. The number of allylic oxidation sites excluding steroid dienone is 2. The molecule has 0 atom stereocenters. The third-order valence-corrected chi connectivity index (χ3v) is 10.4. The largest absolute Gasteiger partial charge is 0.466 e. The molecule has 0 aromatic heterocycles.